The van der Waals surface area contributed by atoms with Crippen molar-refractivity contribution in [3.63, 3.8) is 0 Å². The highest BCUT2D eigenvalue weighted by Gasteiger charge is 2.28. The van der Waals surface area contributed by atoms with E-state index >= 15 is 0 Å². The lowest BCUT2D eigenvalue weighted by molar-refractivity contribution is 0.658. The average Bonchev–Trinajstić information content (AvgIpc) is 3.24. The largest absolute Gasteiger partial charge is 0.368 e. The van der Waals surface area contributed by atoms with E-state index in [9.17, 15) is 0 Å². The van der Waals surface area contributed by atoms with Crippen LogP contribution in [0.2, 0.25) is 5.02 Å². The molecular formula is C18H22ClN5. The molecule has 1 saturated carbocycles. The van der Waals surface area contributed by atoms with Gasteiger partial charge in [0, 0.05) is 29.7 Å². The fraction of sp³-hybridized carbons (Fsp3) is 0.444. The van der Waals surface area contributed by atoms with Crippen LogP contribution in [-0.2, 0) is 6.42 Å². The van der Waals surface area contributed by atoms with Gasteiger partial charge in [0.25, 0.3) is 0 Å². The fourth-order valence-corrected chi connectivity index (χ4v) is 3.59. The first-order valence-corrected chi connectivity index (χ1v) is 8.98. The van der Waals surface area contributed by atoms with Gasteiger partial charge in [-0.15, -0.1) is 0 Å². The summed E-state index contributed by atoms with van der Waals surface area (Å²) in [5, 5.41) is 4.25. The van der Waals surface area contributed by atoms with Crippen molar-refractivity contribution in [2.45, 2.75) is 44.2 Å². The Morgan fingerprint density at radius 3 is 2.83 bits per heavy atom. The van der Waals surface area contributed by atoms with Crippen molar-refractivity contribution in [3.8, 4) is 0 Å². The Labute approximate surface area is 147 Å². The second-order valence-corrected chi connectivity index (χ2v) is 7.08. The standard InChI is InChI=1S/C18H22ClN5/c19-15-6-2-1-4-12(15)10-14-5-3-9-24(14)17-11-16(21-13-7-8-13)22-18(20)23-17/h1-2,4,6,11,13-14H,3,5,7-10H2,(H3,20,21,22,23). The van der Waals surface area contributed by atoms with Gasteiger partial charge >= 0.3 is 0 Å². The third kappa shape index (κ3) is 3.41. The van der Waals surface area contributed by atoms with E-state index in [4.69, 9.17) is 17.3 Å². The maximum absolute atomic E-state index is 6.34. The van der Waals surface area contributed by atoms with Gasteiger partial charge in [0.2, 0.25) is 5.95 Å². The van der Waals surface area contributed by atoms with Crippen molar-refractivity contribution >= 4 is 29.2 Å². The number of hydrogen-bond donors (Lipinski definition) is 2. The summed E-state index contributed by atoms with van der Waals surface area (Å²) >= 11 is 6.34. The Bertz CT molecular complexity index is 731. The van der Waals surface area contributed by atoms with Crippen molar-refractivity contribution < 1.29 is 0 Å². The number of rotatable bonds is 5. The molecule has 2 heterocycles. The molecule has 2 aromatic rings. The van der Waals surface area contributed by atoms with E-state index in [-0.39, 0.29) is 0 Å². The lowest BCUT2D eigenvalue weighted by atomic mass is 10.0. The van der Waals surface area contributed by atoms with Crippen molar-refractivity contribution in [1.29, 1.82) is 0 Å². The van der Waals surface area contributed by atoms with Crippen LogP contribution in [0.4, 0.5) is 17.6 Å². The van der Waals surface area contributed by atoms with Crippen molar-refractivity contribution in [2.24, 2.45) is 0 Å². The smallest absolute Gasteiger partial charge is 0.223 e. The summed E-state index contributed by atoms with van der Waals surface area (Å²) < 4.78 is 0. The molecule has 24 heavy (non-hydrogen) atoms. The first kappa shape index (κ1) is 15.5. The number of anilines is 3. The van der Waals surface area contributed by atoms with E-state index in [0.29, 0.717) is 18.0 Å². The molecule has 4 rings (SSSR count). The molecule has 126 valence electrons. The Hall–Kier alpha value is -2.01. The number of nitrogen functional groups attached to an aromatic ring is 1. The zero-order chi connectivity index (χ0) is 16.5. The predicted molar refractivity (Wildman–Crippen MR) is 98.6 cm³/mol. The number of aromatic nitrogens is 2. The molecule has 0 radical (unpaired) electrons. The lowest BCUT2D eigenvalue weighted by Crippen LogP contribution is -2.32. The molecule has 2 aliphatic rings. The van der Waals surface area contributed by atoms with Gasteiger partial charge in [-0.25, -0.2) is 0 Å². The van der Waals surface area contributed by atoms with Crippen LogP contribution >= 0.6 is 11.6 Å². The normalized spacial score (nSPS) is 20.4. The second kappa shape index (κ2) is 6.48. The van der Waals surface area contributed by atoms with Crippen molar-refractivity contribution in [2.75, 3.05) is 22.5 Å². The number of nitrogens with two attached hydrogens (primary N) is 1. The highest BCUT2D eigenvalue weighted by molar-refractivity contribution is 6.31. The van der Waals surface area contributed by atoms with Crippen LogP contribution in [0.25, 0.3) is 0 Å². The molecule has 1 aromatic heterocycles. The third-order valence-electron chi connectivity index (χ3n) is 4.74. The fourth-order valence-electron chi connectivity index (χ4n) is 3.38. The minimum Gasteiger partial charge on any atom is -0.368 e. The van der Waals surface area contributed by atoms with Crippen LogP contribution in [-0.4, -0.2) is 28.6 Å². The number of halogens is 1. The molecule has 1 aromatic carbocycles. The summed E-state index contributed by atoms with van der Waals surface area (Å²) in [5.74, 6) is 2.09. The predicted octanol–water partition coefficient (Wildman–Crippen LogP) is 3.50. The highest BCUT2D eigenvalue weighted by atomic mass is 35.5. The summed E-state index contributed by atoms with van der Waals surface area (Å²) in [6.07, 6.45) is 5.63. The molecule has 1 unspecified atom stereocenters. The molecule has 0 bridgehead atoms. The Balaban J connectivity index is 1.55. The zero-order valence-electron chi connectivity index (χ0n) is 13.6. The van der Waals surface area contributed by atoms with Gasteiger partial charge in [-0.05, 0) is 43.7 Å². The maximum atomic E-state index is 6.34. The second-order valence-electron chi connectivity index (χ2n) is 6.67. The Morgan fingerprint density at radius 1 is 1.21 bits per heavy atom. The summed E-state index contributed by atoms with van der Waals surface area (Å²) in [7, 11) is 0. The molecule has 1 aliphatic carbocycles. The number of nitrogens with zero attached hydrogens (tertiary/aromatic N) is 3. The van der Waals surface area contributed by atoms with Crippen LogP contribution in [0, 0.1) is 0 Å². The molecule has 2 fully saturated rings. The topological polar surface area (TPSA) is 67.1 Å². The minimum atomic E-state index is 0.332. The molecule has 1 atom stereocenters. The van der Waals surface area contributed by atoms with Gasteiger partial charge in [0.15, 0.2) is 0 Å². The first-order valence-electron chi connectivity index (χ1n) is 8.60. The van der Waals surface area contributed by atoms with E-state index in [1.807, 2.05) is 24.3 Å². The van der Waals surface area contributed by atoms with E-state index in [2.05, 4.69) is 26.3 Å². The minimum absolute atomic E-state index is 0.332. The van der Waals surface area contributed by atoms with Gasteiger partial charge in [0.05, 0.1) is 0 Å². The molecule has 0 spiro atoms. The summed E-state index contributed by atoms with van der Waals surface area (Å²) in [6, 6.07) is 11.0. The van der Waals surface area contributed by atoms with E-state index in [0.717, 1.165) is 42.5 Å². The van der Waals surface area contributed by atoms with Gasteiger partial charge in [0.1, 0.15) is 11.6 Å². The zero-order valence-corrected chi connectivity index (χ0v) is 14.3. The maximum Gasteiger partial charge on any atom is 0.223 e. The van der Waals surface area contributed by atoms with Crippen LogP contribution in [0.5, 0.6) is 0 Å². The van der Waals surface area contributed by atoms with E-state index < -0.39 is 0 Å². The summed E-state index contributed by atoms with van der Waals surface area (Å²) in [6.45, 7) is 0.994. The van der Waals surface area contributed by atoms with E-state index in [1.54, 1.807) is 0 Å². The van der Waals surface area contributed by atoms with E-state index in [1.165, 1.54) is 18.4 Å². The first-order chi connectivity index (χ1) is 11.7. The molecule has 0 amide bonds. The van der Waals surface area contributed by atoms with Gasteiger partial charge in [-0.2, -0.15) is 9.97 Å². The summed E-state index contributed by atoms with van der Waals surface area (Å²) in [5.41, 5.74) is 7.12. The third-order valence-corrected chi connectivity index (χ3v) is 5.11. The summed E-state index contributed by atoms with van der Waals surface area (Å²) in [4.78, 5) is 11.1. The van der Waals surface area contributed by atoms with Crippen LogP contribution in [0.15, 0.2) is 30.3 Å². The van der Waals surface area contributed by atoms with Crippen molar-refractivity contribution in [3.05, 3.63) is 40.9 Å². The lowest BCUT2D eigenvalue weighted by Gasteiger charge is -2.26. The van der Waals surface area contributed by atoms with Gasteiger partial charge < -0.3 is 16.0 Å². The molecule has 1 saturated heterocycles. The molecular weight excluding hydrogens is 322 g/mol. The highest BCUT2D eigenvalue weighted by Crippen LogP contribution is 2.31. The Morgan fingerprint density at radius 2 is 2.04 bits per heavy atom. The number of nitrogens with one attached hydrogen (secondary N) is 1. The van der Waals surface area contributed by atoms with Gasteiger partial charge in [-0.3, -0.25) is 0 Å². The molecule has 3 N–H and O–H groups in total. The van der Waals surface area contributed by atoms with Crippen molar-refractivity contribution in [1.82, 2.24) is 9.97 Å². The van der Waals surface area contributed by atoms with Crippen LogP contribution < -0.4 is 16.0 Å². The quantitative estimate of drug-likeness (QED) is 0.869. The Kier molecular flexibility index (Phi) is 4.19. The molecule has 6 heteroatoms. The SMILES string of the molecule is Nc1nc(NC2CC2)cc(N2CCCC2Cc2ccccc2Cl)n1. The molecule has 5 nitrogen and oxygen atoms in total. The van der Waals surface area contributed by atoms with Crippen LogP contribution in [0.3, 0.4) is 0 Å². The number of benzene rings is 1. The molecule has 1 aliphatic heterocycles. The van der Waals surface area contributed by atoms with Crippen LogP contribution in [0.1, 0.15) is 31.2 Å². The number of hydrogen-bond acceptors (Lipinski definition) is 5. The average molecular weight is 344 g/mol. The monoisotopic (exact) mass is 343 g/mol. The van der Waals surface area contributed by atoms with Gasteiger partial charge in [-0.1, -0.05) is 29.8 Å².